The van der Waals surface area contributed by atoms with Crippen molar-refractivity contribution in [1.82, 2.24) is 9.97 Å². The zero-order chi connectivity index (χ0) is 17.4. The molecule has 3 aromatic rings. The van der Waals surface area contributed by atoms with Crippen molar-refractivity contribution in [3.8, 4) is 0 Å². The van der Waals surface area contributed by atoms with E-state index < -0.39 is 0 Å². The minimum atomic E-state index is 0.370. The molecule has 4 nitrogen and oxygen atoms in total. The molecular weight excluding hydrogens is 332 g/mol. The van der Waals surface area contributed by atoms with E-state index in [0.29, 0.717) is 17.0 Å². The van der Waals surface area contributed by atoms with E-state index in [1.54, 1.807) is 0 Å². The smallest absolute Gasteiger partial charge is 0.229 e. The fraction of sp³-hybridized carbons (Fsp3) is 0.200. The van der Waals surface area contributed by atoms with Crippen LogP contribution in [-0.4, -0.2) is 16.0 Å². The van der Waals surface area contributed by atoms with Gasteiger partial charge in [-0.3, -0.25) is 0 Å². The Bertz CT molecular complexity index is 908. The lowest BCUT2D eigenvalue weighted by atomic mass is 10.1. The molecule has 0 radical (unpaired) electrons. The molecule has 1 unspecified atom stereocenters. The number of benzene rings is 2. The maximum atomic E-state index is 5.95. The van der Waals surface area contributed by atoms with Crippen molar-refractivity contribution in [3.05, 3.63) is 70.9 Å². The Labute approximate surface area is 152 Å². The highest BCUT2D eigenvalue weighted by Gasteiger charge is 2.28. The number of para-hydroxylation sites is 1. The van der Waals surface area contributed by atoms with Gasteiger partial charge in [0.15, 0.2) is 0 Å². The van der Waals surface area contributed by atoms with E-state index in [2.05, 4.69) is 46.4 Å². The van der Waals surface area contributed by atoms with Crippen LogP contribution in [0.25, 0.3) is 0 Å². The summed E-state index contributed by atoms with van der Waals surface area (Å²) < 4.78 is 0. The summed E-state index contributed by atoms with van der Waals surface area (Å²) in [6.45, 7) is 4.22. The Morgan fingerprint density at radius 2 is 1.84 bits per heavy atom. The number of hydrogen-bond donors (Lipinski definition) is 1. The molecule has 0 aliphatic carbocycles. The molecular formula is C20H19ClN4. The van der Waals surface area contributed by atoms with E-state index in [1.165, 1.54) is 11.3 Å². The molecule has 1 atom stereocenters. The molecule has 1 N–H and O–H groups in total. The number of hydrogen-bond acceptors (Lipinski definition) is 4. The van der Waals surface area contributed by atoms with Crippen LogP contribution in [0, 0.1) is 6.92 Å². The molecule has 1 aliphatic rings. The Morgan fingerprint density at radius 1 is 1.08 bits per heavy atom. The van der Waals surface area contributed by atoms with Crippen molar-refractivity contribution in [3.63, 3.8) is 0 Å². The van der Waals surface area contributed by atoms with Gasteiger partial charge in [-0.2, -0.15) is 4.98 Å². The average molecular weight is 351 g/mol. The van der Waals surface area contributed by atoms with Crippen LogP contribution >= 0.6 is 11.6 Å². The van der Waals surface area contributed by atoms with Crippen LogP contribution in [-0.2, 0) is 6.42 Å². The van der Waals surface area contributed by atoms with Gasteiger partial charge >= 0.3 is 0 Å². The van der Waals surface area contributed by atoms with Crippen LogP contribution in [0.4, 0.5) is 23.1 Å². The van der Waals surface area contributed by atoms with Crippen LogP contribution in [0.5, 0.6) is 0 Å². The van der Waals surface area contributed by atoms with E-state index in [9.17, 15) is 0 Å². The lowest BCUT2D eigenvalue weighted by Gasteiger charge is -2.24. The zero-order valence-electron chi connectivity index (χ0n) is 14.2. The second kappa shape index (κ2) is 6.37. The average Bonchev–Trinajstić information content (AvgIpc) is 2.92. The van der Waals surface area contributed by atoms with Crippen LogP contribution in [0.1, 0.15) is 18.2 Å². The molecule has 25 heavy (non-hydrogen) atoms. The SMILES string of the molecule is Cc1cc(N2c3ccccc3CC2C)nc(Nc2ccc(Cl)cc2)n1. The van der Waals surface area contributed by atoms with E-state index in [-0.39, 0.29) is 0 Å². The summed E-state index contributed by atoms with van der Waals surface area (Å²) in [4.78, 5) is 11.6. The number of nitrogens with zero attached hydrogens (tertiary/aromatic N) is 3. The lowest BCUT2D eigenvalue weighted by molar-refractivity contribution is 0.749. The van der Waals surface area contributed by atoms with Gasteiger partial charge in [0.05, 0.1) is 0 Å². The van der Waals surface area contributed by atoms with Crippen LogP contribution < -0.4 is 10.2 Å². The fourth-order valence-electron chi connectivity index (χ4n) is 3.31. The molecule has 1 aliphatic heterocycles. The summed E-state index contributed by atoms with van der Waals surface area (Å²) in [5.41, 5.74) is 4.43. The quantitative estimate of drug-likeness (QED) is 0.699. The lowest BCUT2D eigenvalue weighted by Crippen LogP contribution is -2.25. The highest BCUT2D eigenvalue weighted by molar-refractivity contribution is 6.30. The minimum Gasteiger partial charge on any atom is -0.324 e. The molecule has 5 heteroatoms. The minimum absolute atomic E-state index is 0.370. The van der Waals surface area contributed by atoms with Gasteiger partial charge in [0.1, 0.15) is 5.82 Å². The van der Waals surface area contributed by atoms with Crippen molar-refractivity contribution in [2.24, 2.45) is 0 Å². The number of halogens is 1. The van der Waals surface area contributed by atoms with Gasteiger partial charge in [-0.1, -0.05) is 29.8 Å². The number of aryl methyl sites for hydroxylation is 1. The Morgan fingerprint density at radius 3 is 2.64 bits per heavy atom. The van der Waals surface area contributed by atoms with Crippen molar-refractivity contribution in [2.75, 3.05) is 10.2 Å². The van der Waals surface area contributed by atoms with E-state index in [0.717, 1.165) is 23.6 Å². The standard InChI is InChI=1S/C20H19ClN4/c1-13-11-19(25-14(2)12-15-5-3-4-6-18(15)25)24-20(22-13)23-17-9-7-16(21)8-10-17/h3-11,14H,12H2,1-2H3,(H,22,23,24). The molecule has 4 rings (SSSR count). The maximum absolute atomic E-state index is 5.95. The summed E-state index contributed by atoms with van der Waals surface area (Å²) >= 11 is 5.95. The maximum Gasteiger partial charge on any atom is 0.229 e. The largest absolute Gasteiger partial charge is 0.324 e. The first kappa shape index (κ1) is 15.9. The predicted molar refractivity (Wildman–Crippen MR) is 103 cm³/mol. The molecule has 2 aromatic carbocycles. The molecule has 0 spiro atoms. The second-order valence-electron chi connectivity index (χ2n) is 6.37. The summed E-state index contributed by atoms with van der Waals surface area (Å²) in [6.07, 6.45) is 1.03. The molecule has 0 saturated carbocycles. The van der Waals surface area contributed by atoms with Crippen LogP contribution in [0.2, 0.25) is 5.02 Å². The number of rotatable bonds is 3. The highest BCUT2D eigenvalue weighted by Crippen LogP contribution is 2.37. The van der Waals surface area contributed by atoms with Crippen molar-refractivity contribution >= 4 is 34.7 Å². The normalized spacial score (nSPS) is 16.0. The molecule has 126 valence electrons. The number of nitrogens with one attached hydrogen (secondary N) is 1. The monoisotopic (exact) mass is 350 g/mol. The van der Waals surface area contributed by atoms with Gasteiger partial charge in [0.25, 0.3) is 0 Å². The number of aromatic nitrogens is 2. The third-order valence-electron chi connectivity index (χ3n) is 4.40. The molecule has 0 amide bonds. The highest BCUT2D eigenvalue weighted by atomic mass is 35.5. The number of fused-ring (bicyclic) bond motifs is 1. The van der Waals surface area contributed by atoms with Gasteiger partial charge in [0.2, 0.25) is 5.95 Å². The molecule has 0 bridgehead atoms. The topological polar surface area (TPSA) is 41.1 Å². The third kappa shape index (κ3) is 3.17. The third-order valence-corrected chi connectivity index (χ3v) is 4.65. The Hall–Kier alpha value is -2.59. The summed E-state index contributed by atoms with van der Waals surface area (Å²) in [5.74, 6) is 1.51. The van der Waals surface area contributed by atoms with Gasteiger partial charge in [-0.15, -0.1) is 0 Å². The molecule has 0 fully saturated rings. The van der Waals surface area contributed by atoms with E-state index in [4.69, 9.17) is 16.6 Å². The molecule has 0 saturated heterocycles. The van der Waals surface area contributed by atoms with Gasteiger partial charge in [-0.05, 0) is 56.2 Å². The summed E-state index contributed by atoms with van der Waals surface area (Å²) in [6, 6.07) is 18.4. The van der Waals surface area contributed by atoms with Crippen molar-refractivity contribution in [2.45, 2.75) is 26.3 Å². The van der Waals surface area contributed by atoms with Crippen LogP contribution in [0.15, 0.2) is 54.6 Å². The van der Waals surface area contributed by atoms with Crippen molar-refractivity contribution < 1.29 is 0 Å². The van der Waals surface area contributed by atoms with Crippen molar-refractivity contribution in [1.29, 1.82) is 0 Å². The van der Waals surface area contributed by atoms with Crippen LogP contribution in [0.3, 0.4) is 0 Å². The summed E-state index contributed by atoms with van der Waals surface area (Å²) in [7, 11) is 0. The number of anilines is 4. The van der Waals surface area contributed by atoms with E-state index >= 15 is 0 Å². The fourth-order valence-corrected chi connectivity index (χ4v) is 3.43. The zero-order valence-corrected chi connectivity index (χ0v) is 15.0. The predicted octanol–water partition coefficient (Wildman–Crippen LogP) is 5.26. The Kier molecular flexibility index (Phi) is 4.06. The van der Waals surface area contributed by atoms with Gasteiger partial charge in [0, 0.05) is 34.2 Å². The molecule has 1 aromatic heterocycles. The summed E-state index contributed by atoms with van der Waals surface area (Å²) in [5, 5.41) is 3.97. The Balaban J connectivity index is 1.69. The van der Waals surface area contributed by atoms with E-state index in [1.807, 2.05) is 37.3 Å². The van der Waals surface area contributed by atoms with Gasteiger partial charge in [-0.25, -0.2) is 4.98 Å². The first-order valence-electron chi connectivity index (χ1n) is 8.35. The van der Waals surface area contributed by atoms with Gasteiger partial charge < -0.3 is 10.2 Å². The first-order valence-corrected chi connectivity index (χ1v) is 8.73. The second-order valence-corrected chi connectivity index (χ2v) is 6.81. The molecule has 2 heterocycles. The first-order chi connectivity index (χ1) is 12.1.